The maximum atomic E-state index is 12.7. The smallest absolute Gasteiger partial charge is 0.255 e. The first kappa shape index (κ1) is 19.8. The van der Waals surface area contributed by atoms with Crippen LogP contribution in [0.1, 0.15) is 21.7 Å². The molecular weight excluding hydrogens is 402 g/mol. The van der Waals surface area contributed by atoms with Gasteiger partial charge in [0.1, 0.15) is 5.76 Å². The number of aromatic nitrogens is 1. The number of aryl methyl sites for hydroxylation is 1. The number of amides is 1. The molecular formula is C22H19N3O4S. The third kappa shape index (κ3) is 4.10. The molecule has 4 aromatic rings. The Balaban J connectivity index is 1.50. The average Bonchev–Trinajstić information content (AvgIpc) is 3.28. The van der Waals surface area contributed by atoms with Gasteiger partial charge in [0.15, 0.2) is 0 Å². The molecule has 0 radical (unpaired) electrons. The number of hydrogen-bond donors (Lipinski definition) is 2. The third-order valence-corrected chi connectivity index (χ3v) is 6.08. The summed E-state index contributed by atoms with van der Waals surface area (Å²) in [5.41, 5.74) is 2.82. The van der Waals surface area contributed by atoms with Crippen molar-refractivity contribution < 1.29 is 17.6 Å². The lowest BCUT2D eigenvalue weighted by atomic mass is 10.1. The zero-order valence-corrected chi connectivity index (χ0v) is 16.9. The summed E-state index contributed by atoms with van der Waals surface area (Å²) in [7, 11) is -3.72. The summed E-state index contributed by atoms with van der Waals surface area (Å²) in [6.07, 6.45) is 3.18. The Morgan fingerprint density at radius 1 is 1.03 bits per heavy atom. The minimum Gasteiger partial charge on any atom is -0.468 e. The molecule has 2 N–H and O–H groups in total. The number of benzene rings is 2. The van der Waals surface area contributed by atoms with E-state index in [0.717, 1.165) is 16.5 Å². The van der Waals surface area contributed by atoms with E-state index in [1.54, 1.807) is 18.3 Å². The van der Waals surface area contributed by atoms with Crippen molar-refractivity contribution in [3.63, 3.8) is 0 Å². The Morgan fingerprint density at radius 2 is 1.83 bits per heavy atom. The highest BCUT2D eigenvalue weighted by molar-refractivity contribution is 7.89. The Labute approximate surface area is 173 Å². The highest BCUT2D eigenvalue weighted by Crippen LogP contribution is 2.25. The first-order chi connectivity index (χ1) is 14.4. The van der Waals surface area contributed by atoms with Crippen LogP contribution in [0.5, 0.6) is 0 Å². The molecule has 0 atom stereocenters. The molecule has 0 saturated heterocycles. The Morgan fingerprint density at radius 3 is 2.57 bits per heavy atom. The number of sulfonamides is 1. The second-order valence-corrected chi connectivity index (χ2v) is 8.48. The van der Waals surface area contributed by atoms with E-state index in [4.69, 9.17) is 4.42 Å². The number of carbonyl (C=O) groups excluding carboxylic acids is 1. The molecule has 2 heterocycles. The normalized spacial score (nSPS) is 11.5. The van der Waals surface area contributed by atoms with E-state index in [-0.39, 0.29) is 17.3 Å². The van der Waals surface area contributed by atoms with Gasteiger partial charge in [-0.1, -0.05) is 6.07 Å². The molecule has 152 valence electrons. The van der Waals surface area contributed by atoms with Crippen molar-refractivity contribution in [2.45, 2.75) is 18.4 Å². The first-order valence-electron chi connectivity index (χ1n) is 9.22. The van der Waals surface area contributed by atoms with E-state index in [0.29, 0.717) is 17.0 Å². The van der Waals surface area contributed by atoms with Gasteiger partial charge >= 0.3 is 0 Å². The zero-order valence-electron chi connectivity index (χ0n) is 16.1. The van der Waals surface area contributed by atoms with Crippen LogP contribution in [0.3, 0.4) is 0 Å². The number of pyridine rings is 1. The van der Waals surface area contributed by atoms with Gasteiger partial charge in [0, 0.05) is 17.1 Å². The van der Waals surface area contributed by atoms with Gasteiger partial charge in [0.05, 0.1) is 28.9 Å². The summed E-state index contributed by atoms with van der Waals surface area (Å²) < 4.78 is 32.4. The summed E-state index contributed by atoms with van der Waals surface area (Å²) in [6.45, 7) is 2.01. The number of nitrogens with one attached hydrogen (secondary N) is 2. The van der Waals surface area contributed by atoms with E-state index in [2.05, 4.69) is 15.0 Å². The van der Waals surface area contributed by atoms with Crippen LogP contribution >= 0.6 is 0 Å². The van der Waals surface area contributed by atoms with Gasteiger partial charge in [0.25, 0.3) is 5.91 Å². The van der Waals surface area contributed by atoms with Crippen LogP contribution in [-0.4, -0.2) is 19.3 Å². The van der Waals surface area contributed by atoms with Gasteiger partial charge in [-0.3, -0.25) is 9.78 Å². The molecule has 0 aliphatic heterocycles. The molecule has 4 rings (SSSR count). The van der Waals surface area contributed by atoms with E-state index in [9.17, 15) is 13.2 Å². The quantitative estimate of drug-likeness (QED) is 0.492. The predicted molar refractivity (Wildman–Crippen MR) is 114 cm³/mol. The van der Waals surface area contributed by atoms with Crippen LogP contribution in [0.15, 0.2) is 82.4 Å². The number of rotatable bonds is 6. The van der Waals surface area contributed by atoms with Crippen LogP contribution in [0, 0.1) is 6.92 Å². The summed E-state index contributed by atoms with van der Waals surface area (Å²) in [4.78, 5) is 17.1. The van der Waals surface area contributed by atoms with Crippen LogP contribution in [0.2, 0.25) is 0 Å². The van der Waals surface area contributed by atoms with Gasteiger partial charge < -0.3 is 9.73 Å². The zero-order chi connectivity index (χ0) is 21.1. The monoisotopic (exact) mass is 421 g/mol. The van der Waals surface area contributed by atoms with Crippen molar-refractivity contribution in [2.24, 2.45) is 0 Å². The molecule has 1 amide bonds. The van der Waals surface area contributed by atoms with Gasteiger partial charge in [0.2, 0.25) is 10.0 Å². The van der Waals surface area contributed by atoms with Crippen molar-refractivity contribution in [2.75, 3.05) is 5.32 Å². The average molecular weight is 421 g/mol. The van der Waals surface area contributed by atoms with Gasteiger partial charge in [-0.15, -0.1) is 0 Å². The van der Waals surface area contributed by atoms with Gasteiger partial charge in [-0.05, 0) is 67.1 Å². The highest BCUT2D eigenvalue weighted by atomic mass is 32.2. The molecule has 0 aliphatic carbocycles. The molecule has 30 heavy (non-hydrogen) atoms. The second-order valence-electron chi connectivity index (χ2n) is 6.71. The molecule has 7 nitrogen and oxygen atoms in total. The summed E-state index contributed by atoms with van der Waals surface area (Å²) in [5.74, 6) is 0.172. The SMILES string of the molecule is Cc1ccc(NC(=O)c2ccc(S(=O)(=O)NCc3ccco3)cc2)c2cccnc12. The minimum atomic E-state index is -3.72. The lowest BCUT2D eigenvalue weighted by Crippen LogP contribution is -2.23. The minimum absolute atomic E-state index is 0.0477. The topological polar surface area (TPSA) is 101 Å². The molecule has 8 heteroatoms. The Bertz CT molecular complexity index is 1300. The standard InChI is InChI=1S/C22H19N3O4S/c1-15-6-11-20(19-5-2-12-23-21(15)19)25-22(26)16-7-9-18(10-8-16)30(27,28)24-14-17-4-3-13-29-17/h2-13,24H,14H2,1H3,(H,25,26). The Hall–Kier alpha value is -3.49. The lowest BCUT2D eigenvalue weighted by Gasteiger charge is -2.11. The second kappa shape index (κ2) is 8.10. The predicted octanol–water partition coefficient (Wildman–Crippen LogP) is 3.87. The molecule has 0 saturated carbocycles. The Kier molecular flexibility index (Phi) is 5.35. The lowest BCUT2D eigenvalue weighted by molar-refractivity contribution is 0.102. The maximum absolute atomic E-state index is 12.7. The molecule has 0 bridgehead atoms. The molecule has 0 unspecified atom stereocenters. The van der Waals surface area contributed by atoms with Crippen molar-refractivity contribution in [1.29, 1.82) is 0 Å². The van der Waals surface area contributed by atoms with E-state index in [1.807, 2.05) is 31.2 Å². The summed E-state index contributed by atoms with van der Waals surface area (Å²) >= 11 is 0. The molecule has 0 aliphatic rings. The molecule has 0 fully saturated rings. The van der Waals surface area contributed by atoms with Crippen molar-refractivity contribution in [1.82, 2.24) is 9.71 Å². The number of carbonyl (C=O) groups is 1. The third-order valence-electron chi connectivity index (χ3n) is 4.66. The summed E-state index contributed by atoms with van der Waals surface area (Å²) in [6, 6.07) is 16.5. The fourth-order valence-electron chi connectivity index (χ4n) is 3.07. The fraction of sp³-hybridized carbons (Fsp3) is 0.0909. The van der Waals surface area contributed by atoms with Crippen LogP contribution in [0.25, 0.3) is 10.9 Å². The van der Waals surface area contributed by atoms with E-state index < -0.39 is 10.0 Å². The summed E-state index contributed by atoms with van der Waals surface area (Å²) in [5, 5.41) is 3.71. The van der Waals surface area contributed by atoms with Crippen LogP contribution in [0.4, 0.5) is 5.69 Å². The number of nitrogens with zero attached hydrogens (tertiary/aromatic N) is 1. The fourth-order valence-corrected chi connectivity index (χ4v) is 4.06. The van der Waals surface area contributed by atoms with Gasteiger partial charge in [-0.25, -0.2) is 13.1 Å². The van der Waals surface area contributed by atoms with Crippen molar-refractivity contribution in [3.05, 3.63) is 90.0 Å². The highest BCUT2D eigenvalue weighted by Gasteiger charge is 2.16. The van der Waals surface area contributed by atoms with Gasteiger partial charge in [-0.2, -0.15) is 0 Å². The number of furan rings is 1. The van der Waals surface area contributed by atoms with Crippen LogP contribution in [-0.2, 0) is 16.6 Å². The molecule has 0 spiro atoms. The first-order valence-corrected chi connectivity index (χ1v) is 10.7. The van der Waals surface area contributed by atoms with Crippen molar-refractivity contribution >= 4 is 32.5 Å². The maximum Gasteiger partial charge on any atom is 0.255 e. The molecule has 2 aromatic carbocycles. The number of hydrogen-bond acceptors (Lipinski definition) is 5. The number of fused-ring (bicyclic) bond motifs is 1. The number of anilines is 1. The van der Waals surface area contributed by atoms with E-state index >= 15 is 0 Å². The van der Waals surface area contributed by atoms with Crippen molar-refractivity contribution in [3.8, 4) is 0 Å². The van der Waals surface area contributed by atoms with Crippen LogP contribution < -0.4 is 10.0 Å². The van der Waals surface area contributed by atoms with E-state index in [1.165, 1.54) is 30.5 Å². The molecule has 2 aromatic heterocycles. The largest absolute Gasteiger partial charge is 0.468 e.